The molecule has 0 bridgehead atoms. The molecule has 1 amide bonds. The summed E-state index contributed by atoms with van der Waals surface area (Å²) in [7, 11) is 0. The van der Waals surface area contributed by atoms with Crippen molar-refractivity contribution < 1.29 is 24.9 Å². The van der Waals surface area contributed by atoms with Crippen molar-refractivity contribution in [3.8, 4) is 11.8 Å². The smallest absolute Gasteiger partial charge is 0.252 e. The number of nitrogens with two attached hydrogens (primary N) is 1. The minimum Gasteiger partial charge on any atom is -0.387 e. The predicted octanol–water partition coefficient (Wildman–Crippen LogP) is -0.789. The van der Waals surface area contributed by atoms with E-state index in [0.717, 1.165) is 19.3 Å². The molecule has 11 heteroatoms. The summed E-state index contributed by atoms with van der Waals surface area (Å²) in [6.45, 7) is 2.10. The Hall–Kier alpha value is -2.78. The van der Waals surface area contributed by atoms with E-state index in [1.165, 1.54) is 10.9 Å². The minimum atomic E-state index is -1.42. The summed E-state index contributed by atoms with van der Waals surface area (Å²) in [6, 6.07) is 0. The topological polar surface area (TPSA) is 169 Å². The maximum absolute atomic E-state index is 12.1. The lowest BCUT2D eigenvalue weighted by Gasteiger charge is -2.26. The standard InChI is InChI=1S/C20H26N6O5/c1-2-22-18(29)15-13(27)14(28)19(31-15)26-10-23-12-16(21)24-11(25-17(12)26)6-9-20(30)7-4-3-5-8-20/h10,13-15,19,27-28,30H,2-5,7-8H2,1H3,(H,22,29)(H2,21,24,25)/t13?,14?,15-,19+/m0/s1. The Morgan fingerprint density at radius 3 is 2.77 bits per heavy atom. The molecule has 2 aromatic heterocycles. The number of hydrogen-bond acceptors (Lipinski definition) is 9. The maximum atomic E-state index is 12.1. The number of aliphatic hydroxyl groups excluding tert-OH is 2. The third-order valence-corrected chi connectivity index (χ3v) is 5.66. The van der Waals surface area contributed by atoms with Gasteiger partial charge >= 0.3 is 0 Å². The van der Waals surface area contributed by atoms with Crippen LogP contribution in [-0.4, -0.2) is 71.2 Å². The first-order valence-corrected chi connectivity index (χ1v) is 10.4. The van der Waals surface area contributed by atoms with Gasteiger partial charge in [-0.25, -0.2) is 15.0 Å². The fourth-order valence-corrected chi connectivity index (χ4v) is 4.00. The molecule has 6 N–H and O–H groups in total. The number of aliphatic hydroxyl groups is 3. The van der Waals surface area contributed by atoms with Crippen molar-refractivity contribution >= 4 is 22.9 Å². The van der Waals surface area contributed by atoms with Gasteiger partial charge in [0.25, 0.3) is 5.91 Å². The molecule has 166 valence electrons. The molecule has 2 fully saturated rings. The summed E-state index contributed by atoms with van der Waals surface area (Å²) < 4.78 is 7.03. The number of fused-ring (bicyclic) bond motifs is 1. The number of nitrogens with one attached hydrogen (secondary N) is 1. The molecule has 1 saturated heterocycles. The average molecular weight is 430 g/mol. The quantitative estimate of drug-likeness (QED) is 0.392. The van der Waals surface area contributed by atoms with Crippen LogP contribution in [0.15, 0.2) is 6.33 Å². The number of rotatable bonds is 3. The molecule has 0 radical (unpaired) electrons. The minimum absolute atomic E-state index is 0.0806. The van der Waals surface area contributed by atoms with E-state index in [9.17, 15) is 20.1 Å². The highest BCUT2D eigenvalue weighted by molar-refractivity contribution is 5.83. The molecule has 4 rings (SSSR count). The summed E-state index contributed by atoms with van der Waals surface area (Å²) in [4.78, 5) is 24.8. The van der Waals surface area contributed by atoms with E-state index in [0.29, 0.717) is 19.4 Å². The number of carbonyl (C=O) groups excluding carboxylic acids is 1. The van der Waals surface area contributed by atoms with Crippen LogP contribution >= 0.6 is 0 Å². The van der Waals surface area contributed by atoms with Gasteiger partial charge < -0.3 is 31.1 Å². The van der Waals surface area contributed by atoms with Crippen molar-refractivity contribution in [2.45, 2.75) is 69.2 Å². The predicted molar refractivity (Wildman–Crippen MR) is 109 cm³/mol. The first kappa shape index (κ1) is 21.5. The highest BCUT2D eigenvalue weighted by Crippen LogP contribution is 2.32. The third-order valence-electron chi connectivity index (χ3n) is 5.66. The number of imidazole rings is 1. The van der Waals surface area contributed by atoms with Gasteiger partial charge in [-0.3, -0.25) is 9.36 Å². The molecule has 1 aliphatic heterocycles. The second-order valence-electron chi connectivity index (χ2n) is 7.92. The van der Waals surface area contributed by atoms with Crippen molar-refractivity contribution in [1.82, 2.24) is 24.8 Å². The van der Waals surface area contributed by atoms with E-state index < -0.39 is 36.0 Å². The lowest BCUT2D eigenvalue weighted by molar-refractivity contribution is -0.137. The molecule has 11 nitrogen and oxygen atoms in total. The SMILES string of the molecule is CCNC(=O)[C@H]1O[C@@H](n2cnc3c(N)nc(C#CC4(O)CCCCC4)nc32)C(O)C1O. The van der Waals surface area contributed by atoms with Gasteiger partial charge in [0.1, 0.15) is 23.3 Å². The third kappa shape index (κ3) is 4.07. The molecule has 0 aromatic carbocycles. The number of ether oxygens (including phenoxy) is 1. The van der Waals surface area contributed by atoms with Crippen LogP contribution in [0, 0.1) is 11.8 Å². The van der Waals surface area contributed by atoms with Crippen molar-refractivity contribution in [3.05, 3.63) is 12.2 Å². The average Bonchev–Trinajstić information content (AvgIpc) is 3.29. The molecule has 1 aliphatic carbocycles. The Bertz CT molecular complexity index is 1040. The van der Waals surface area contributed by atoms with Gasteiger partial charge in [0.2, 0.25) is 5.82 Å². The van der Waals surface area contributed by atoms with Crippen molar-refractivity contribution in [1.29, 1.82) is 0 Å². The van der Waals surface area contributed by atoms with Crippen LogP contribution in [0.3, 0.4) is 0 Å². The number of nitrogen functional groups attached to an aromatic ring is 1. The van der Waals surface area contributed by atoms with Crippen molar-refractivity contribution in [2.75, 3.05) is 12.3 Å². The highest BCUT2D eigenvalue weighted by Gasteiger charge is 2.47. The van der Waals surface area contributed by atoms with Crippen LogP contribution in [-0.2, 0) is 9.53 Å². The fourth-order valence-electron chi connectivity index (χ4n) is 4.00. The maximum Gasteiger partial charge on any atom is 0.252 e. The molecule has 2 aromatic rings. The van der Waals surface area contributed by atoms with Crippen LogP contribution in [0.5, 0.6) is 0 Å². The molecule has 31 heavy (non-hydrogen) atoms. The van der Waals surface area contributed by atoms with Gasteiger partial charge in [0, 0.05) is 6.54 Å². The van der Waals surface area contributed by atoms with Crippen molar-refractivity contribution in [2.24, 2.45) is 0 Å². The Morgan fingerprint density at radius 1 is 1.32 bits per heavy atom. The van der Waals surface area contributed by atoms with Gasteiger partial charge in [0.15, 0.2) is 23.8 Å². The fraction of sp³-hybridized carbons (Fsp3) is 0.600. The van der Waals surface area contributed by atoms with E-state index in [4.69, 9.17) is 10.5 Å². The Balaban J connectivity index is 1.66. The zero-order valence-electron chi connectivity index (χ0n) is 17.2. The van der Waals surface area contributed by atoms with Gasteiger partial charge in [-0.2, -0.15) is 0 Å². The molecule has 2 unspecified atom stereocenters. The molecule has 4 atom stereocenters. The molecule has 2 aliphatic rings. The van der Waals surface area contributed by atoms with E-state index in [2.05, 4.69) is 32.1 Å². The highest BCUT2D eigenvalue weighted by atomic mass is 16.6. The van der Waals surface area contributed by atoms with Gasteiger partial charge in [-0.15, -0.1) is 0 Å². The number of hydrogen-bond donors (Lipinski definition) is 5. The molecular formula is C20H26N6O5. The Kier molecular flexibility index (Phi) is 5.81. The van der Waals surface area contributed by atoms with E-state index in [1.54, 1.807) is 6.92 Å². The van der Waals surface area contributed by atoms with Crippen LogP contribution < -0.4 is 11.1 Å². The number of carbonyl (C=O) groups is 1. The molecule has 0 spiro atoms. The van der Waals surface area contributed by atoms with Crippen LogP contribution in [0.25, 0.3) is 11.2 Å². The van der Waals surface area contributed by atoms with E-state index in [1.807, 2.05) is 0 Å². The molecule has 3 heterocycles. The number of aromatic nitrogens is 4. The normalized spacial score (nSPS) is 27.6. The second-order valence-corrected chi connectivity index (χ2v) is 7.92. The molecule has 1 saturated carbocycles. The van der Waals surface area contributed by atoms with Crippen LogP contribution in [0.1, 0.15) is 51.1 Å². The first-order valence-electron chi connectivity index (χ1n) is 10.4. The molecular weight excluding hydrogens is 404 g/mol. The first-order chi connectivity index (χ1) is 14.8. The second kappa shape index (κ2) is 8.39. The van der Waals surface area contributed by atoms with Gasteiger partial charge in [0.05, 0.1) is 6.33 Å². The summed E-state index contributed by atoms with van der Waals surface area (Å²) in [5.41, 5.74) is 5.45. The van der Waals surface area contributed by atoms with Crippen LogP contribution in [0.2, 0.25) is 0 Å². The van der Waals surface area contributed by atoms with Crippen LogP contribution in [0.4, 0.5) is 5.82 Å². The summed E-state index contributed by atoms with van der Waals surface area (Å²) in [5, 5.41) is 33.9. The monoisotopic (exact) mass is 430 g/mol. The summed E-state index contributed by atoms with van der Waals surface area (Å²) in [6.07, 6.45) is 0.271. The number of amides is 1. The lowest BCUT2D eigenvalue weighted by atomic mass is 9.85. The van der Waals surface area contributed by atoms with Crippen molar-refractivity contribution in [3.63, 3.8) is 0 Å². The van der Waals surface area contributed by atoms with E-state index in [-0.39, 0.29) is 22.8 Å². The largest absolute Gasteiger partial charge is 0.387 e. The van der Waals surface area contributed by atoms with E-state index >= 15 is 0 Å². The van der Waals surface area contributed by atoms with Gasteiger partial charge in [-0.1, -0.05) is 12.3 Å². The summed E-state index contributed by atoms with van der Waals surface area (Å²) >= 11 is 0. The zero-order chi connectivity index (χ0) is 22.2. The number of anilines is 1. The number of likely N-dealkylation sites (N-methyl/N-ethyl adjacent to an activating group) is 1. The number of nitrogens with zero attached hydrogens (tertiary/aromatic N) is 4. The Morgan fingerprint density at radius 2 is 2.06 bits per heavy atom. The Labute approximate surface area is 178 Å². The lowest BCUT2D eigenvalue weighted by Crippen LogP contribution is -2.42. The van der Waals surface area contributed by atoms with Gasteiger partial charge in [-0.05, 0) is 38.5 Å². The summed E-state index contributed by atoms with van der Waals surface area (Å²) in [5.74, 6) is 5.31. The zero-order valence-corrected chi connectivity index (χ0v) is 17.2.